The Morgan fingerprint density at radius 2 is 1.87 bits per heavy atom. The molecule has 2 aromatic carbocycles. The molecule has 1 N–H and O–H groups in total. The quantitative estimate of drug-likeness (QED) is 0.786. The summed E-state index contributed by atoms with van der Waals surface area (Å²) in [6, 6.07) is 11.2. The number of benzene rings is 2. The first-order chi connectivity index (χ1) is 11.1. The van der Waals surface area contributed by atoms with Gasteiger partial charge in [0, 0.05) is 21.8 Å². The highest BCUT2D eigenvalue weighted by Crippen LogP contribution is 2.31. The number of amides is 1. The number of halogens is 1. The summed E-state index contributed by atoms with van der Waals surface area (Å²) in [6.07, 6.45) is 3.17. The van der Waals surface area contributed by atoms with E-state index in [0.717, 1.165) is 21.3 Å². The minimum absolute atomic E-state index is 0.212. The first-order valence-electron chi connectivity index (χ1n) is 7.02. The van der Waals surface area contributed by atoms with Gasteiger partial charge in [-0.25, -0.2) is 0 Å². The smallest absolute Gasteiger partial charge is 0.248 e. The van der Waals surface area contributed by atoms with Crippen molar-refractivity contribution in [3.05, 3.63) is 58.1 Å². The predicted molar refractivity (Wildman–Crippen MR) is 96.1 cm³/mol. The Balaban J connectivity index is 2.17. The van der Waals surface area contributed by atoms with E-state index in [1.54, 1.807) is 26.4 Å². The molecule has 0 aliphatic heterocycles. The van der Waals surface area contributed by atoms with Crippen LogP contribution in [0.2, 0.25) is 0 Å². The van der Waals surface area contributed by atoms with Crippen molar-refractivity contribution in [1.29, 1.82) is 0 Å². The number of rotatable bonds is 5. The lowest BCUT2D eigenvalue weighted by Gasteiger charge is -2.10. The molecule has 0 heterocycles. The van der Waals surface area contributed by atoms with E-state index in [1.165, 1.54) is 6.08 Å². The van der Waals surface area contributed by atoms with Gasteiger partial charge in [-0.05, 0) is 36.8 Å². The van der Waals surface area contributed by atoms with Crippen molar-refractivity contribution in [3.8, 4) is 11.5 Å². The van der Waals surface area contributed by atoms with E-state index in [9.17, 15) is 4.79 Å². The van der Waals surface area contributed by atoms with E-state index >= 15 is 0 Å². The third kappa shape index (κ3) is 4.13. The van der Waals surface area contributed by atoms with Gasteiger partial charge >= 0.3 is 0 Å². The van der Waals surface area contributed by atoms with Gasteiger partial charge in [-0.2, -0.15) is 0 Å². The minimum atomic E-state index is -0.212. The number of nitrogens with one attached hydrogen (secondary N) is 1. The van der Waals surface area contributed by atoms with Crippen LogP contribution in [0.25, 0.3) is 6.08 Å². The number of carbonyl (C=O) groups excluding carboxylic acids is 1. The highest BCUT2D eigenvalue weighted by molar-refractivity contribution is 9.10. The molecule has 0 unspecified atom stereocenters. The van der Waals surface area contributed by atoms with Crippen molar-refractivity contribution >= 4 is 33.6 Å². The van der Waals surface area contributed by atoms with Gasteiger partial charge in [0.15, 0.2) is 11.5 Å². The molecule has 1 amide bonds. The molecule has 0 fully saturated rings. The summed E-state index contributed by atoms with van der Waals surface area (Å²) in [6.45, 7) is 1.94. The highest BCUT2D eigenvalue weighted by atomic mass is 79.9. The number of hydrogen-bond acceptors (Lipinski definition) is 3. The van der Waals surface area contributed by atoms with E-state index in [4.69, 9.17) is 9.47 Å². The topological polar surface area (TPSA) is 47.6 Å². The molecule has 0 bridgehead atoms. The van der Waals surface area contributed by atoms with Crippen LogP contribution >= 0.6 is 15.9 Å². The summed E-state index contributed by atoms with van der Waals surface area (Å²) >= 11 is 3.45. The van der Waals surface area contributed by atoms with Crippen LogP contribution in [-0.2, 0) is 4.79 Å². The molecule has 0 spiro atoms. The van der Waals surface area contributed by atoms with Gasteiger partial charge in [0.25, 0.3) is 0 Å². The second-order valence-corrected chi connectivity index (χ2v) is 5.67. The van der Waals surface area contributed by atoms with E-state index < -0.39 is 0 Å². The average Bonchev–Trinajstić information content (AvgIpc) is 2.56. The Labute approximate surface area is 144 Å². The van der Waals surface area contributed by atoms with E-state index in [-0.39, 0.29) is 5.91 Å². The Morgan fingerprint density at radius 1 is 1.13 bits per heavy atom. The molecule has 0 radical (unpaired) electrons. The molecule has 0 saturated carbocycles. The molecule has 4 nitrogen and oxygen atoms in total. The van der Waals surface area contributed by atoms with Crippen LogP contribution in [0.4, 0.5) is 5.69 Å². The number of anilines is 1. The summed E-state index contributed by atoms with van der Waals surface area (Å²) < 4.78 is 11.5. The van der Waals surface area contributed by atoms with Crippen LogP contribution in [0, 0.1) is 6.92 Å². The first-order valence-corrected chi connectivity index (χ1v) is 7.81. The maximum atomic E-state index is 12.1. The van der Waals surface area contributed by atoms with E-state index in [0.29, 0.717) is 11.5 Å². The normalized spacial score (nSPS) is 10.6. The maximum absolute atomic E-state index is 12.1. The molecule has 23 heavy (non-hydrogen) atoms. The number of methoxy groups -OCH3 is 2. The van der Waals surface area contributed by atoms with Gasteiger partial charge < -0.3 is 14.8 Å². The molecule has 120 valence electrons. The Hall–Kier alpha value is -2.27. The van der Waals surface area contributed by atoms with Crippen molar-refractivity contribution in [1.82, 2.24) is 0 Å². The lowest BCUT2D eigenvalue weighted by molar-refractivity contribution is -0.111. The Kier molecular flexibility index (Phi) is 5.82. The second kappa shape index (κ2) is 7.83. The van der Waals surface area contributed by atoms with Crippen LogP contribution in [-0.4, -0.2) is 20.1 Å². The molecule has 0 aliphatic carbocycles. The molecule has 5 heteroatoms. The first kappa shape index (κ1) is 17.1. The fraction of sp³-hybridized carbons (Fsp3) is 0.167. The van der Waals surface area contributed by atoms with E-state index in [1.807, 2.05) is 37.3 Å². The van der Waals surface area contributed by atoms with Crippen LogP contribution in [0.5, 0.6) is 11.5 Å². The monoisotopic (exact) mass is 375 g/mol. The van der Waals surface area contributed by atoms with Gasteiger partial charge in [0.1, 0.15) is 0 Å². The van der Waals surface area contributed by atoms with Crippen LogP contribution in [0.3, 0.4) is 0 Å². The third-order valence-corrected chi connectivity index (χ3v) is 4.23. The Morgan fingerprint density at radius 3 is 2.57 bits per heavy atom. The van der Waals surface area contributed by atoms with Crippen molar-refractivity contribution in [3.63, 3.8) is 0 Å². The van der Waals surface area contributed by atoms with Crippen molar-refractivity contribution in [2.24, 2.45) is 0 Å². The van der Waals surface area contributed by atoms with Crippen LogP contribution < -0.4 is 14.8 Å². The molecule has 2 rings (SSSR count). The molecule has 0 atom stereocenters. The summed E-state index contributed by atoms with van der Waals surface area (Å²) in [5, 5.41) is 2.86. The fourth-order valence-corrected chi connectivity index (χ4v) is 2.49. The van der Waals surface area contributed by atoms with Crippen LogP contribution in [0.1, 0.15) is 11.1 Å². The van der Waals surface area contributed by atoms with Crippen molar-refractivity contribution in [2.75, 3.05) is 19.5 Å². The summed E-state index contributed by atoms with van der Waals surface area (Å²) in [7, 11) is 3.15. The standard InChI is InChI=1S/C18H18BrNO3/c1-12-14(19)7-5-8-15(12)20-17(21)11-10-13-6-4-9-16(22-2)18(13)23-3/h4-11H,1-3H3,(H,20,21)/b11-10+. The lowest BCUT2D eigenvalue weighted by Crippen LogP contribution is -2.09. The molecule has 0 aromatic heterocycles. The van der Waals surface area contributed by atoms with Gasteiger partial charge in [-0.1, -0.05) is 34.1 Å². The van der Waals surface area contributed by atoms with E-state index in [2.05, 4.69) is 21.2 Å². The number of carbonyl (C=O) groups is 1. The number of para-hydroxylation sites is 1. The van der Waals surface area contributed by atoms with Gasteiger partial charge in [-0.3, -0.25) is 4.79 Å². The minimum Gasteiger partial charge on any atom is -0.493 e. The highest BCUT2D eigenvalue weighted by Gasteiger charge is 2.08. The molecular weight excluding hydrogens is 358 g/mol. The average molecular weight is 376 g/mol. The second-order valence-electron chi connectivity index (χ2n) is 4.82. The van der Waals surface area contributed by atoms with Crippen LogP contribution in [0.15, 0.2) is 46.9 Å². The summed E-state index contributed by atoms with van der Waals surface area (Å²) in [5.41, 5.74) is 2.52. The van der Waals surface area contributed by atoms with Crippen molar-refractivity contribution < 1.29 is 14.3 Å². The third-order valence-electron chi connectivity index (χ3n) is 3.37. The number of ether oxygens (including phenoxy) is 2. The van der Waals surface area contributed by atoms with Gasteiger partial charge in [-0.15, -0.1) is 0 Å². The number of hydrogen-bond donors (Lipinski definition) is 1. The molecule has 0 saturated heterocycles. The molecule has 0 aliphatic rings. The summed E-state index contributed by atoms with van der Waals surface area (Å²) in [4.78, 5) is 12.1. The maximum Gasteiger partial charge on any atom is 0.248 e. The lowest BCUT2D eigenvalue weighted by atomic mass is 10.1. The zero-order chi connectivity index (χ0) is 16.8. The Bertz CT molecular complexity index is 741. The zero-order valence-corrected chi connectivity index (χ0v) is 14.8. The largest absolute Gasteiger partial charge is 0.493 e. The SMILES string of the molecule is COc1cccc(/C=C/C(=O)Nc2cccc(Br)c2C)c1OC. The molecular formula is C18H18BrNO3. The predicted octanol–water partition coefficient (Wildman–Crippen LogP) is 4.43. The summed E-state index contributed by atoms with van der Waals surface area (Å²) in [5.74, 6) is 1.01. The van der Waals surface area contributed by atoms with Crippen molar-refractivity contribution in [2.45, 2.75) is 6.92 Å². The molecule has 2 aromatic rings. The zero-order valence-electron chi connectivity index (χ0n) is 13.2. The van der Waals surface area contributed by atoms with Gasteiger partial charge in [0.05, 0.1) is 14.2 Å². The fourth-order valence-electron chi connectivity index (χ4n) is 2.13. The van der Waals surface area contributed by atoms with Gasteiger partial charge in [0.2, 0.25) is 5.91 Å².